The van der Waals surface area contributed by atoms with Gasteiger partial charge in [-0.1, -0.05) is 6.07 Å². The summed E-state index contributed by atoms with van der Waals surface area (Å²) in [4.78, 5) is 26.8. The Bertz CT molecular complexity index is 697. The molecule has 0 bridgehead atoms. The molecule has 4 heterocycles. The van der Waals surface area contributed by atoms with Crippen LogP contribution in [0.3, 0.4) is 0 Å². The predicted octanol–water partition coefficient (Wildman–Crippen LogP) is 1.32. The van der Waals surface area contributed by atoms with E-state index in [1.54, 1.807) is 18.5 Å². The van der Waals surface area contributed by atoms with E-state index in [4.69, 9.17) is 9.47 Å². The molecule has 0 saturated carbocycles. The van der Waals surface area contributed by atoms with Gasteiger partial charge in [-0.25, -0.2) is 15.0 Å². The lowest BCUT2D eigenvalue weighted by atomic mass is 10.0. The van der Waals surface area contributed by atoms with E-state index in [2.05, 4.69) is 15.0 Å². The Morgan fingerprint density at radius 3 is 3.00 bits per heavy atom. The highest BCUT2D eigenvalue weighted by Gasteiger charge is 2.47. The number of nitrogens with zero attached hydrogens (tertiary/aromatic N) is 4. The van der Waals surface area contributed by atoms with E-state index >= 15 is 0 Å². The van der Waals surface area contributed by atoms with Crippen molar-refractivity contribution in [1.29, 1.82) is 0 Å². The molecule has 2 aliphatic heterocycles. The Balaban J connectivity index is 1.56. The van der Waals surface area contributed by atoms with E-state index < -0.39 is 0 Å². The second-order valence-electron chi connectivity index (χ2n) is 5.92. The van der Waals surface area contributed by atoms with Crippen LogP contribution in [0.25, 0.3) is 0 Å². The summed E-state index contributed by atoms with van der Waals surface area (Å²) < 4.78 is 11.9. The molecule has 2 aromatic rings. The first-order chi connectivity index (χ1) is 11.8. The maximum absolute atomic E-state index is 12.8. The van der Waals surface area contributed by atoms with Gasteiger partial charge in [-0.2, -0.15) is 0 Å². The van der Waals surface area contributed by atoms with Gasteiger partial charge in [0, 0.05) is 25.1 Å². The Morgan fingerprint density at radius 1 is 1.25 bits per heavy atom. The van der Waals surface area contributed by atoms with E-state index in [1.807, 2.05) is 23.1 Å². The summed E-state index contributed by atoms with van der Waals surface area (Å²) in [6.45, 7) is 1.16. The van der Waals surface area contributed by atoms with Crippen LogP contribution in [0.15, 0.2) is 43.0 Å². The average Bonchev–Trinajstić information content (AvgIpc) is 3.01. The smallest absolute Gasteiger partial charge is 0.273 e. The molecule has 2 aliphatic rings. The molecule has 24 heavy (non-hydrogen) atoms. The number of hydrogen-bond donors (Lipinski definition) is 0. The third-order valence-electron chi connectivity index (χ3n) is 4.45. The molecular weight excluding hydrogens is 308 g/mol. The summed E-state index contributed by atoms with van der Waals surface area (Å²) in [6, 6.07) is 7.17. The summed E-state index contributed by atoms with van der Waals surface area (Å²) in [6.07, 6.45) is 6.14. The fourth-order valence-electron chi connectivity index (χ4n) is 3.38. The molecule has 124 valence electrons. The van der Waals surface area contributed by atoms with Crippen LogP contribution in [0.2, 0.25) is 0 Å². The first kappa shape index (κ1) is 15.0. The number of hydrogen-bond acceptors (Lipinski definition) is 6. The molecule has 7 nitrogen and oxygen atoms in total. The highest BCUT2D eigenvalue weighted by Crippen LogP contribution is 2.32. The van der Waals surface area contributed by atoms with Crippen molar-refractivity contribution in [3.63, 3.8) is 0 Å². The van der Waals surface area contributed by atoms with Crippen LogP contribution in [0.5, 0.6) is 5.88 Å². The molecule has 2 aromatic heterocycles. The van der Waals surface area contributed by atoms with Gasteiger partial charge in [0.25, 0.3) is 5.91 Å². The number of aromatic nitrogens is 3. The second-order valence-corrected chi connectivity index (χ2v) is 5.92. The van der Waals surface area contributed by atoms with Gasteiger partial charge < -0.3 is 14.4 Å². The third kappa shape index (κ3) is 2.82. The van der Waals surface area contributed by atoms with Crippen LogP contribution in [0, 0.1) is 0 Å². The molecule has 0 aromatic carbocycles. The summed E-state index contributed by atoms with van der Waals surface area (Å²) in [5.74, 6) is 0.441. The molecule has 0 spiro atoms. The van der Waals surface area contributed by atoms with Gasteiger partial charge >= 0.3 is 0 Å². The lowest BCUT2D eigenvalue weighted by Crippen LogP contribution is -2.44. The fourth-order valence-corrected chi connectivity index (χ4v) is 3.38. The molecule has 0 N–H and O–H groups in total. The summed E-state index contributed by atoms with van der Waals surface area (Å²) >= 11 is 0. The van der Waals surface area contributed by atoms with Crippen molar-refractivity contribution >= 4 is 5.91 Å². The minimum absolute atomic E-state index is 0.00919. The van der Waals surface area contributed by atoms with Gasteiger partial charge in [0.2, 0.25) is 5.88 Å². The van der Waals surface area contributed by atoms with Crippen molar-refractivity contribution in [2.45, 2.75) is 31.1 Å². The van der Waals surface area contributed by atoms with Crippen LogP contribution in [0.1, 0.15) is 23.3 Å². The molecule has 0 radical (unpaired) electrons. The van der Waals surface area contributed by atoms with Crippen LogP contribution < -0.4 is 4.74 Å². The molecule has 0 aliphatic carbocycles. The van der Waals surface area contributed by atoms with Crippen molar-refractivity contribution in [1.82, 2.24) is 19.9 Å². The van der Waals surface area contributed by atoms with Gasteiger partial charge in [-0.3, -0.25) is 4.79 Å². The zero-order chi connectivity index (χ0) is 16.4. The van der Waals surface area contributed by atoms with Crippen LogP contribution in [-0.4, -0.2) is 57.2 Å². The molecule has 2 fully saturated rings. The van der Waals surface area contributed by atoms with Gasteiger partial charge in [-0.15, -0.1) is 0 Å². The van der Waals surface area contributed by atoms with Gasteiger partial charge in [0.05, 0.1) is 12.6 Å². The maximum atomic E-state index is 12.8. The molecule has 7 heteroatoms. The molecule has 0 unspecified atom stereocenters. The Kier molecular flexibility index (Phi) is 4.08. The second kappa shape index (κ2) is 6.52. The molecule has 2 saturated heterocycles. The minimum Gasteiger partial charge on any atom is -0.470 e. The quantitative estimate of drug-likeness (QED) is 0.847. The van der Waals surface area contributed by atoms with Crippen molar-refractivity contribution < 1.29 is 14.3 Å². The highest BCUT2D eigenvalue weighted by molar-refractivity contribution is 5.92. The van der Waals surface area contributed by atoms with Crippen molar-refractivity contribution in [2.75, 3.05) is 13.2 Å². The summed E-state index contributed by atoms with van der Waals surface area (Å²) in [7, 11) is 0. The average molecular weight is 326 g/mol. The van der Waals surface area contributed by atoms with Crippen molar-refractivity contribution in [3.05, 3.63) is 48.7 Å². The van der Waals surface area contributed by atoms with Crippen LogP contribution >= 0.6 is 0 Å². The zero-order valence-corrected chi connectivity index (χ0v) is 13.1. The van der Waals surface area contributed by atoms with Crippen LogP contribution in [-0.2, 0) is 4.74 Å². The Hall–Kier alpha value is -2.54. The maximum Gasteiger partial charge on any atom is 0.273 e. The number of carbonyl (C=O) groups is 1. The normalized spacial score (nSPS) is 26.0. The number of likely N-dealkylation sites (tertiary alicyclic amines) is 1. The Morgan fingerprint density at radius 2 is 2.21 bits per heavy atom. The first-order valence-corrected chi connectivity index (χ1v) is 8.09. The van der Waals surface area contributed by atoms with Crippen molar-refractivity contribution in [2.24, 2.45) is 0 Å². The minimum atomic E-state index is -0.226. The number of rotatable bonds is 3. The first-order valence-electron chi connectivity index (χ1n) is 8.09. The molecule has 3 atom stereocenters. The number of pyridine rings is 1. The largest absolute Gasteiger partial charge is 0.470 e. The standard InChI is InChI=1S/C17H18N4O3/c22-17(12-6-8-18-11-20-12)21-10-14(16-13(21)4-3-9-23-16)24-15-5-1-2-7-19-15/h1-2,5-8,11,13-14,16H,3-4,9-10H2/t13-,14-,16+/m1/s1. The van der Waals surface area contributed by atoms with Gasteiger partial charge in [-0.05, 0) is 25.0 Å². The molecular formula is C17H18N4O3. The van der Waals surface area contributed by atoms with Gasteiger partial charge in [0.15, 0.2) is 0 Å². The molecule has 1 amide bonds. The van der Waals surface area contributed by atoms with E-state index in [1.165, 1.54) is 6.33 Å². The number of ether oxygens (including phenoxy) is 2. The van der Waals surface area contributed by atoms with Gasteiger partial charge in [0.1, 0.15) is 24.2 Å². The zero-order valence-electron chi connectivity index (χ0n) is 13.1. The van der Waals surface area contributed by atoms with E-state index in [0.717, 1.165) is 12.8 Å². The fraction of sp³-hybridized carbons (Fsp3) is 0.412. The third-order valence-corrected chi connectivity index (χ3v) is 4.45. The van der Waals surface area contributed by atoms with Crippen molar-refractivity contribution in [3.8, 4) is 5.88 Å². The highest BCUT2D eigenvalue weighted by atomic mass is 16.5. The number of amides is 1. The number of carbonyl (C=O) groups excluding carboxylic acids is 1. The summed E-state index contributed by atoms with van der Waals surface area (Å²) in [5.41, 5.74) is 0.396. The Labute approximate surface area is 139 Å². The predicted molar refractivity (Wildman–Crippen MR) is 84.5 cm³/mol. The lowest BCUT2D eigenvalue weighted by molar-refractivity contribution is -0.0455. The number of fused-ring (bicyclic) bond motifs is 1. The lowest BCUT2D eigenvalue weighted by Gasteiger charge is -2.31. The SMILES string of the molecule is O=C(c1ccncn1)N1C[C@@H](Oc2ccccn2)[C@H]2OCCC[C@H]21. The summed E-state index contributed by atoms with van der Waals surface area (Å²) in [5, 5.41) is 0. The van der Waals surface area contributed by atoms with E-state index in [0.29, 0.717) is 24.7 Å². The van der Waals surface area contributed by atoms with E-state index in [9.17, 15) is 4.79 Å². The van der Waals surface area contributed by atoms with Crippen LogP contribution in [0.4, 0.5) is 0 Å². The van der Waals surface area contributed by atoms with E-state index in [-0.39, 0.29) is 24.2 Å². The molecule has 4 rings (SSSR count). The topological polar surface area (TPSA) is 77.4 Å². The monoisotopic (exact) mass is 326 g/mol.